The number of tetrazole rings is 1. The summed E-state index contributed by atoms with van der Waals surface area (Å²) in [6, 6.07) is 6.18. The van der Waals surface area contributed by atoms with Crippen molar-refractivity contribution in [2.45, 2.75) is 25.8 Å². The van der Waals surface area contributed by atoms with Gasteiger partial charge >= 0.3 is 0 Å². The Bertz CT molecular complexity index is 633. The van der Waals surface area contributed by atoms with Crippen LogP contribution in [0, 0.1) is 10.1 Å². The van der Waals surface area contributed by atoms with E-state index >= 15 is 0 Å². The van der Waals surface area contributed by atoms with Gasteiger partial charge in [-0.25, -0.2) is 0 Å². The normalized spacial score (nSPS) is 15.8. The Labute approximate surface area is 127 Å². The summed E-state index contributed by atoms with van der Waals surface area (Å²) in [7, 11) is 0. The lowest BCUT2D eigenvalue weighted by molar-refractivity contribution is -0.384. The molecule has 1 fully saturated rings. The highest BCUT2D eigenvalue weighted by atomic mass is 16.6. The highest BCUT2D eigenvalue weighted by molar-refractivity contribution is 5.56. The molecule has 0 bridgehead atoms. The molecule has 8 nitrogen and oxygen atoms in total. The number of nitro groups is 1. The summed E-state index contributed by atoms with van der Waals surface area (Å²) in [5.41, 5.74) is 0.788. The van der Waals surface area contributed by atoms with Crippen molar-refractivity contribution in [3.8, 4) is 11.4 Å². The van der Waals surface area contributed by atoms with Gasteiger partial charge in [0.1, 0.15) is 0 Å². The molecule has 0 aliphatic carbocycles. The Hall–Kier alpha value is -2.35. The van der Waals surface area contributed by atoms with Crippen LogP contribution in [0.25, 0.3) is 11.4 Å². The first-order valence-corrected chi connectivity index (χ1v) is 7.47. The molecule has 2 heterocycles. The SMILES string of the molecule is O=[N+]([O-])c1ccc(-c2nnn(CCN3CCCCC3)n2)cc1. The molecular weight excluding hydrogens is 284 g/mol. The fourth-order valence-corrected chi connectivity index (χ4v) is 2.60. The smallest absolute Gasteiger partial charge is 0.269 e. The first-order valence-electron chi connectivity index (χ1n) is 7.47. The van der Waals surface area contributed by atoms with Gasteiger partial charge in [-0.15, -0.1) is 10.2 Å². The Morgan fingerprint density at radius 2 is 1.82 bits per heavy atom. The quantitative estimate of drug-likeness (QED) is 0.617. The van der Waals surface area contributed by atoms with E-state index in [-0.39, 0.29) is 5.69 Å². The molecule has 0 N–H and O–H groups in total. The molecule has 0 radical (unpaired) electrons. The minimum atomic E-state index is -0.424. The highest BCUT2D eigenvalue weighted by Crippen LogP contribution is 2.18. The number of piperidine rings is 1. The molecule has 22 heavy (non-hydrogen) atoms. The Kier molecular flexibility index (Phi) is 4.38. The monoisotopic (exact) mass is 302 g/mol. The molecule has 2 aromatic rings. The number of likely N-dealkylation sites (tertiary alicyclic amines) is 1. The minimum absolute atomic E-state index is 0.0567. The summed E-state index contributed by atoms with van der Waals surface area (Å²) in [6.07, 6.45) is 3.85. The predicted molar refractivity (Wildman–Crippen MR) is 80.2 cm³/mol. The standard InChI is InChI=1S/C14H18N6O2/c21-20(22)13-6-4-12(5-7-13)14-15-17-19(16-14)11-10-18-8-2-1-3-9-18/h4-7H,1-3,8-11H2. The molecule has 1 aliphatic heterocycles. The predicted octanol–water partition coefficient (Wildman–Crippen LogP) is 1.73. The number of rotatable bonds is 5. The summed E-state index contributed by atoms with van der Waals surface area (Å²) in [5, 5.41) is 23.0. The Morgan fingerprint density at radius 3 is 2.50 bits per heavy atom. The Morgan fingerprint density at radius 1 is 1.09 bits per heavy atom. The maximum absolute atomic E-state index is 10.6. The van der Waals surface area contributed by atoms with Crippen LogP contribution < -0.4 is 0 Å². The minimum Gasteiger partial charge on any atom is -0.301 e. The van der Waals surface area contributed by atoms with E-state index in [0.29, 0.717) is 12.4 Å². The molecule has 0 unspecified atom stereocenters. The van der Waals surface area contributed by atoms with Gasteiger partial charge in [-0.1, -0.05) is 6.42 Å². The van der Waals surface area contributed by atoms with Crippen molar-refractivity contribution in [3.63, 3.8) is 0 Å². The summed E-state index contributed by atoms with van der Waals surface area (Å²) in [5.74, 6) is 0.494. The van der Waals surface area contributed by atoms with E-state index in [0.717, 1.165) is 25.2 Å². The van der Waals surface area contributed by atoms with E-state index in [9.17, 15) is 10.1 Å². The van der Waals surface area contributed by atoms with E-state index in [1.807, 2.05) is 0 Å². The van der Waals surface area contributed by atoms with Gasteiger partial charge in [0.15, 0.2) is 0 Å². The zero-order valence-electron chi connectivity index (χ0n) is 12.3. The molecule has 0 amide bonds. The van der Waals surface area contributed by atoms with Gasteiger partial charge in [0, 0.05) is 24.2 Å². The first-order chi connectivity index (χ1) is 10.7. The lowest BCUT2D eigenvalue weighted by Crippen LogP contribution is -2.33. The van der Waals surface area contributed by atoms with Crippen LogP contribution in [0.4, 0.5) is 5.69 Å². The Balaban J connectivity index is 1.61. The van der Waals surface area contributed by atoms with Crippen LogP contribution in [0.1, 0.15) is 19.3 Å². The second kappa shape index (κ2) is 6.61. The molecule has 3 rings (SSSR count). The van der Waals surface area contributed by atoms with Crippen molar-refractivity contribution in [1.29, 1.82) is 0 Å². The summed E-state index contributed by atoms with van der Waals surface area (Å²) in [4.78, 5) is 14.2. The molecule has 1 aliphatic rings. The first kappa shape index (κ1) is 14.6. The molecule has 1 aromatic carbocycles. The maximum atomic E-state index is 10.6. The van der Waals surface area contributed by atoms with E-state index in [1.165, 1.54) is 31.4 Å². The molecule has 0 saturated carbocycles. The van der Waals surface area contributed by atoms with Gasteiger partial charge in [-0.05, 0) is 43.3 Å². The van der Waals surface area contributed by atoms with Crippen LogP contribution in [-0.4, -0.2) is 49.7 Å². The summed E-state index contributed by atoms with van der Waals surface area (Å²) >= 11 is 0. The zero-order valence-corrected chi connectivity index (χ0v) is 12.3. The topological polar surface area (TPSA) is 90.0 Å². The van der Waals surface area contributed by atoms with E-state index in [1.54, 1.807) is 16.9 Å². The fourth-order valence-electron chi connectivity index (χ4n) is 2.60. The average Bonchev–Trinajstić information content (AvgIpc) is 3.03. The third kappa shape index (κ3) is 3.45. The van der Waals surface area contributed by atoms with E-state index in [4.69, 9.17) is 0 Å². The number of benzene rings is 1. The van der Waals surface area contributed by atoms with Crippen molar-refractivity contribution < 1.29 is 4.92 Å². The van der Waals surface area contributed by atoms with Gasteiger partial charge in [-0.2, -0.15) is 4.80 Å². The lowest BCUT2D eigenvalue weighted by atomic mass is 10.1. The molecule has 8 heteroatoms. The number of nitro benzene ring substituents is 1. The van der Waals surface area contributed by atoms with Gasteiger partial charge < -0.3 is 4.90 Å². The maximum Gasteiger partial charge on any atom is 0.269 e. The molecule has 1 aromatic heterocycles. The van der Waals surface area contributed by atoms with Crippen molar-refractivity contribution >= 4 is 5.69 Å². The van der Waals surface area contributed by atoms with Crippen molar-refractivity contribution in [2.75, 3.05) is 19.6 Å². The third-order valence-corrected chi connectivity index (χ3v) is 3.85. The molecule has 0 spiro atoms. The number of aromatic nitrogens is 4. The van der Waals surface area contributed by atoms with Crippen LogP contribution in [0.5, 0.6) is 0 Å². The van der Waals surface area contributed by atoms with Gasteiger partial charge in [0.25, 0.3) is 5.69 Å². The van der Waals surface area contributed by atoms with E-state index < -0.39 is 4.92 Å². The molecule has 116 valence electrons. The lowest BCUT2D eigenvalue weighted by Gasteiger charge is -2.25. The highest BCUT2D eigenvalue weighted by Gasteiger charge is 2.12. The summed E-state index contributed by atoms with van der Waals surface area (Å²) in [6.45, 7) is 3.92. The van der Waals surface area contributed by atoms with Crippen LogP contribution in [-0.2, 0) is 6.54 Å². The second-order valence-corrected chi connectivity index (χ2v) is 5.42. The van der Waals surface area contributed by atoms with Gasteiger partial charge in [0.05, 0.1) is 11.5 Å². The van der Waals surface area contributed by atoms with Crippen LogP contribution in [0.2, 0.25) is 0 Å². The molecule has 1 saturated heterocycles. The van der Waals surface area contributed by atoms with Crippen molar-refractivity contribution in [1.82, 2.24) is 25.1 Å². The summed E-state index contributed by atoms with van der Waals surface area (Å²) < 4.78 is 0. The van der Waals surface area contributed by atoms with Crippen molar-refractivity contribution in [3.05, 3.63) is 34.4 Å². The third-order valence-electron chi connectivity index (χ3n) is 3.85. The fraction of sp³-hybridized carbons (Fsp3) is 0.500. The largest absolute Gasteiger partial charge is 0.301 e. The van der Waals surface area contributed by atoms with Crippen LogP contribution in [0.3, 0.4) is 0 Å². The number of hydrogen-bond acceptors (Lipinski definition) is 6. The number of hydrogen-bond donors (Lipinski definition) is 0. The number of nitrogens with zero attached hydrogens (tertiary/aromatic N) is 6. The number of non-ortho nitro benzene ring substituents is 1. The van der Waals surface area contributed by atoms with E-state index in [2.05, 4.69) is 20.3 Å². The molecular formula is C14H18N6O2. The van der Waals surface area contributed by atoms with Gasteiger partial charge in [-0.3, -0.25) is 10.1 Å². The zero-order chi connectivity index (χ0) is 15.4. The second-order valence-electron chi connectivity index (χ2n) is 5.42. The van der Waals surface area contributed by atoms with Crippen LogP contribution in [0.15, 0.2) is 24.3 Å². The average molecular weight is 302 g/mol. The van der Waals surface area contributed by atoms with Crippen molar-refractivity contribution in [2.24, 2.45) is 0 Å². The molecule has 0 atom stereocenters. The van der Waals surface area contributed by atoms with Gasteiger partial charge in [0.2, 0.25) is 5.82 Å². The van der Waals surface area contributed by atoms with Crippen LogP contribution >= 0.6 is 0 Å².